The van der Waals surface area contributed by atoms with Crippen LogP contribution in [0.1, 0.15) is 46.8 Å². The summed E-state index contributed by atoms with van der Waals surface area (Å²) in [7, 11) is 2.88. The first-order valence-electron chi connectivity index (χ1n) is 17.4. The van der Waals surface area contributed by atoms with E-state index in [-0.39, 0.29) is 11.7 Å². The zero-order chi connectivity index (χ0) is 38.1. The molecule has 0 saturated carbocycles. The van der Waals surface area contributed by atoms with Crippen LogP contribution in [-0.2, 0) is 24.0 Å². The maximum Gasteiger partial charge on any atom is 0.269 e. The highest BCUT2D eigenvalue weighted by atomic mass is 79.9. The normalized spacial score (nSPS) is 12.9. The van der Waals surface area contributed by atoms with E-state index in [1.54, 1.807) is 43.0 Å². The van der Waals surface area contributed by atoms with Crippen molar-refractivity contribution in [2.45, 2.75) is 42.6 Å². The molecule has 4 amide bonds. The summed E-state index contributed by atoms with van der Waals surface area (Å²) < 4.78 is -0.741. The molecule has 0 fully saturated rings. The Morgan fingerprint density at radius 1 is 0.698 bits per heavy atom. The highest BCUT2D eigenvalue weighted by Crippen LogP contribution is 2.48. The molecule has 0 aliphatic rings. The Balaban J connectivity index is 1.56. The molecule has 0 radical (unpaired) electrons. The molecule has 0 bridgehead atoms. The van der Waals surface area contributed by atoms with Crippen LogP contribution in [0.2, 0.25) is 0 Å². The van der Waals surface area contributed by atoms with Crippen LogP contribution in [0.15, 0.2) is 121 Å². The van der Waals surface area contributed by atoms with Crippen molar-refractivity contribution in [2.24, 2.45) is 0 Å². The molecule has 9 nitrogen and oxygen atoms in total. The summed E-state index contributed by atoms with van der Waals surface area (Å²) in [5.41, 5.74) is 3.46. The molecule has 3 N–H and O–H groups in total. The van der Waals surface area contributed by atoms with Crippen LogP contribution in [-0.4, -0.2) is 83.6 Å². The number of hydroxylamine groups is 2. The average Bonchev–Trinajstić information content (AvgIpc) is 3.20. The predicted octanol–water partition coefficient (Wildman–Crippen LogP) is 6.43. The largest absolute Gasteiger partial charge is 0.343 e. The van der Waals surface area contributed by atoms with Crippen molar-refractivity contribution >= 4 is 63.1 Å². The minimum absolute atomic E-state index is 0.165. The Morgan fingerprint density at radius 3 is 1.70 bits per heavy atom. The van der Waals surface area contributed by atoms with Gasteiger partial charge in [0.1, 0.15) is 18.1 Å². The van der Waals surface area contributed by atoms with Crippen molar-refractivity contribution < 1.29 is 24.0 Å². The summed E-state index contributed by atoms with van der Waals surface area (Å²) in [6.45, 7) is 1.56. The first kappa shape index (κ1) is 41.7. The fraction of sp³-hybridized carbons (Fsp3) is 0.317. The molecule has 0 aliphatic heterocycles. The Kier molecular flexibility index (Phi) is 16.9. The molecule has 0 aliphatic carbocycles. The van der Waals surface area contributed by atoms with Crippen molar-refractivity contribution in [1.29, 1.82) is 0 Å². The summed E-state index contributed by atoms with van der Waals surface area (Å²) in [5, 5.41) is 10.5. The molecule has 12 heteroatoms. The molecule has 3 atom stereocenters. The van der Waals surface area contributed by atoms with Gasteiger partial charge < -0.3 is 16.0 Å². The van der Waals surface area contributed by atoms with E-state index in [0.717, 1.165) is 45.7 Å². The SMILES string of the molecule is CON(C)C(=O)[C@H](CSC(c1ccccc1)(c1ccccc1)c1ccccc1)NC(=O)[C@H](C)NC(=O)[C@H](CSCCCCBr)NC(=O)c1ccccc1. The van der Waals surface area contributed by atoms with Gasteiger partial charge in [0.2, 0.25) is 11.8 Å². The molecule has 280 valence electrons. The van der Waals surface area contributed by atoms with Crippen molar-refractivity contribution in [3.8, 4) is 0 Å². The minimum Gasteiger partial charge on any atom is -0.343 e. The van der Waals surface area contributed by atoms with Gasteiger partial charge in [-0.15, -0.1) is 11.8 Å². The molecule has 53 heavy (non-hydrogen) atoms. The number of hydrogen-bond acceptors (Lipinski definition) is 7. The maximum atomic E-state index is 13.8. The van der Waals surface area contributed by atoms with Crippen LogP contribution < -0.4 is 16.0 Å². The lowest BCUT2D eigenvalue weighted by molar-refractivity contribution is -0.171. The van der Waals surface area contributed by atoms with Gasteiger partial charge in [0.05, 0.1) is 11.9 Å². The molecule has 4 aromatic rings. The second kappa shape index (κ2) is 21.6. The number of unbranched alkanes of at least 4 members (excludes halogenated alkanes) is 1. The summed E-state index contributed by atoms with van der Waals surface area (Å²) in [6.07, 6.45) is 1.95. The zero-order valence-corrected chi connectivity index (χ0v) is 33.4. The second-order valence-corrected chi connectivity index (χ2v) is 15.4. The third-order valence-electron chi connectivity index (χ3n) is 8.57. The van der Waals surface area contributed by atoms with E-state index in [2.05, 4.69) is 68.3 Å². The number of amides is 4. The monoisotopic (exact) mass is 818 g/mol. The fourth-order valence-corrected chi connectivity index (χ4v) is 8.64. The third kappa shape index (κ3) is 11.7. The molecule has 0 heterocycles. The minimum atomic E-state index is -1.02. The smallest absolute Gasteiger partial charge is 0.269 e. The Hall–Kier alpha value is -4.10. The lowest BCUT2D eigenvalue weighted by Crippen LogP contribution is -2.57. The Labute approximate surface area is 329 Å². The first-order valence-corrected chi connectivity index (χ1v) is 20.7. The highest BCUT2D eigenvalue weighted by molar-refractivity contribution is 9.09. The number of hydrogen-bond donors (Lipinski definition) is 3. The van der Waals surface area contributed by atoms with Crippen molar-refractivity contribution in [3.05, 3.63) is 144 Å². The molecular formula is C41H47BrN4O5S2. The number of nitrogens with zero attached hydrogens (tertiary/aromatic N) is 1. The van der Waals surface area contributed by atoms with Crippen LogP contribution >= 0.6 is 39.5 Å². The Bertz CT molecular complexity index is 1640. The van der Waals surface area contributed by atoms with Crippen molar-refractivity contribution in [3.63, 3.8) is 0 Å². The topological polar surface area (TPSA) is 117 Å². The second-order valence-electron chi connectivity index (χ2n) is 12.3. The number of thioether (sulfide) groups is 2. The van der Waals surface area contributed by atoms with Crippen molar-refractivity contribution in [1.82, 2.24) is 21.0 Å². The van der Waals surface area contributed by atoms with E-state index in [0.29, 0.717) is 11.3 Å². The van der Waals surface area contributed by atoms with E-state index in [4.69, 9.17) is 4.84 Å². The maximum absolute atomic E-state index is 13.8. The van der Waals surface area contributed by atoms with Crippen LogP contribution in [0, 0.1) is 0 Å². The summed E-state index contributed by atoms with van der Waals surface area (Å²) in [6, 6.07) is 36.0. The number of halogens is 1. The van der Waals surface area contributed by atoms with Gasteiger partial charge in [-0.05, 0) is 54.3 Å². The fourth-order valence-electron chi connectivity index (χ4n) is 5.65. The number of carbonyl (C=O) groups is 4. The van der Waals surface area contributed by atoms with Gasteiger partial charge in [0.15, 0.2) is 0 Å². The van der Waals surface area contributed by atoms with Gasteiger partial charge in [0.25, 0.3) is 11.8 Å². The first-order chi connectivity index (χ1) is 25.7. The molecule has 0 saturated heterocycles. The van der Waals surface area contributed by atoms with Gasteiger partial charge >= 0.3 is 0 Å². The molecule has 0 unspecified atom stereocenters. The van der Waals surface area contributed by atoms with E-state index in [1.165, 1.54) is 25.9 Å². The molecule has 0 aromatic heterocycles. The van der Waals surface area contributed by atoms with Crippen LogP contribution in [0.4, 0.5) is 0 Å². The number of nitrogens with one attached hydrogen (secondary N) is 3. The number of benzene rings is 4. The van der Waals surface area contributed by atoms with Gasteiger partial charge in [-0.1, -0.05) is 125 Å². The number of likely N-dealkylation sites (N-methyl/N-ethyl adjacent to an activating group) is 1. The van der Waals surface area contributed by atoms with Gasteiger partial charge in [-0.2, -0.15) is 11.8 Å². The molecular weight excluding hydrogens is 773 g/mol. The standard InChI is InChI=1S/C41H47BrN4O5S2/c1-30(43-39(49)35(28-52-27-17-16-26-42)44-38(48)31-18-8-4-9-19-31)37(47)45-36(40(50)46(2)51-3)29-53-41(32-20-10-5-11-21-32,33-22-12-6-13-23-33)34-24-14-7-15-25-34/h4-15,18-25,30,35-36H,16-17,26-29H2,1-3H3,(H,43,49)(H,44,48)(H,45,47)/t30-,35-,36-/m0/s1. The van der Waals surface area contributed by atoms with Crippen molar-refractivity contribution in [2.75, 3.05) is 36.7 Å². The molecule has 0 spiro atoms. The Morgan fingerprint density at radius 2 is 1.21 bits per heavy atom. The lowest BCUT2D eigenvalue weighted by atomic mass is 9.84. The number of carbonyl (C=O) groups excluding carboxylic acids is 4. The van der Waals surface area contributed by atoms with Gasteiger partial charge in [0, 0.05) is 29.4 Å². The summed E-state index contributed by atoms with van der Waals surface area (Å²) >= 11 is 6.53. The van der Waals surface area contributed by atoms with Gasteiger partial charge in [-0.25, -0.2) is 5.06 Å². The number of alkyl halides is 1. The zero-order valence-electron chi connectivity index (χ0n) is 30.2. The molecule has 4 aromatic carbocycles. The quantitative estimate of drug-likeness (QED) is 0.0408. The van der Waals surface area contributed by atoms with Gasteiger partial charge in [-0.3, -0.25) is 24.0 Å². The van der Waals surface area contributed by atoms with E-state index >= 15 is 0 Å². The van der Waals surface area contributed by atoms with Crippen LogP contribution in [0.25, 0.3) is 0 Å². The lowest BCUT2D eigenvalue weighted by Gasteiger charge is -2.37. The van der Waals surface area contributed by atoms with E-state index in [1.807, 2.05) is 60.7 Å². The summed E-state index contributed by atoms with van der Waals surface area (Å²) in [4.78, 5) is 59.5. The predicted molar refractivity (Wildman–Crippen MR) is 219 cm³/mol. The molecule has 4 rings (SSSR count). The van der Waals surface area contributed by atoms with Crippen LogP contribution in [0.5, 0.6) is 0 Å². The van der Waals surface area contributed by atoms with E-state index in [9.17, 15) is 19.2 Å². The number of rotatable bonds is 20. The highest BCUT2D eigenvalue weighted by Gasteiger charge is 2.39. The van der Waals surface area contributed by atoms with E-state index < -0.39 is 40.6 Å². The van der Waals surface area contributed by atoms with Crippen LogP contribution in [0.3, 0.4) is 0 Å². The summed E-state index contributed by atoms with van der Waals surface area (Å²) in [5.74, 6) is -0.568. The third-order valence-corrected chi connectivity index (χ3v) is 11.9. The average molecular weight is 820 g/mol.